The number of likely N-dealkylation sites (tertiary alicyclic amines) is 1. The number of carbonyl (C=O) groups excluding carboxylic acids is 1. The van der Waals surface area contributed by atoms with Gasteiger partial charge in [-0.05, 0) is 46.2 Å². The third-order valence-electron chi connectivity index (χ3n) is 3.48. The van der Waals surface area contributed by atoms with Crippen LogP contribution in [0.25, 0.3) is 0 Å². The van der Waals surface area contributed by atoms with Crippen LogP contribution in [0, 0.1) is 0 Å². The summed E-state index contributed by atoms with van der Waals surface area (Å²) >= 11 is 0. The molecule has 0 aliphatic carbocycles. The van der Waals surface area contributed by atoms with Gasteiger partial charge in [-0.3, -0.25) is 4.79 Å². The highest BCUT2D eigenvalue weighted by Crippen LogP contribution is 2.07. The number of methoxy groups -OCH3 is 1. The first-order valence-corrected chi connectivity index (χ1v) is 7.38. The molecule has 1 rings (SSSR count). The van der Waals surface area contributed by atoms with E-state index in [4.69, 9.17) is 4.74 Å². The van der Waals surface area contributed by atoms with Crippen molar-refractivity contribution in [3.63, 3.8) is 0 Å². The van der Waals surface area contributed by atoms with Gasteiger partial charge < -0.3 is 20.3 Å². The molecule has 112 valence electrons. The maximum atomic E-state index is 11.9. The van der Waals surface area contributed by atoms with Gasteiger partial charge in [0.2, 0.25) is 5.91 Å². The maximum absolute atomic E-state index is 11.9. The molecule has 1 aliphatic rings. The standard InChI is InChI=1S/C14H29N3O2/c1-12(11-17-8-4-5-9-17)16-13(2)14(18)15-7-6-10-19-3/h12-13,16H,4-11H2,1-3H3,(H,15,18). The van der Waals surface area contributed by atoms with Crippen molar-refractivity contribution in [3.05, 3.63) is 0 Å². The summed E-state index contributed by atoms with van der Waals surface area (Å²) in [6.45, 7) is 8.86. The number of nitrogens with zero attached hydrogens (tertiary/aromatic N) is 1. The smallest absolute Gasteiger partial charge is 0.236 e. The lowest BCUT2D eigenvalue weighted by molar-refractivity contribution is -0.123. The van der Waals surface area contributed by atoms with Crippen LogP contribution in [0.3, 0.4) is 0 Å². The zero-order valence-electron chi connectivity index (χ0n) is 12.6. The van der Waals surface area contributed by atoms with Gasteiger partial charge in [-0.25, -0.2) is 0 Å². The van der Waals surface area contributed by atoms with Gasteiger partial charge in [0.25, 0.3) is 0 Å². The summed E-state index contributed by atoms with van der Waals surface area (Å²) in [6, 6.07) is 0.206. The van der Waals surface area contributed by atoms with Crippen molar-refractivity contribution in [1.29, 1.82) is 0 Å². The molecule has 0 radical (unpaired) electrons. The molecule has 0 spiro atoms. The van der Waals surface area contributed by atoms with Gasteiger partial charge in [-0.1, -0.05) is 0 Å². The summed E-state index contributed by atoms with van der Waals surface area (Å²) in [5.41, 5.74) is 0. The van der Waals surface area contributed by atoms with Gasteiger partial charge in [0.1, 0.15) is 0 Å². The monoisotopic (exact) mass is 271 g/mol. The molecule has 1 aliphatic heterocycles. The summed E-state index contributed by atoms with van der Waals surface area (Å²) in [4.78, 5) is 14.3. The van der Waals surface area contributed by atoms with Crippen LogP contribution in [0.5, 0.6) is 0 Å². The van der Waals surface area contributed by atoms with E-state index in [-0.39, 0.29) is 11.9 Å². The Morgan fingerprint density at radius 2 is 2.00 bits per heavy atom. The second kappa shape index (κ2) is 9.28. The van der Waals surface area contributed by atoms with Gasteiger partial charge in [0.15, 0.2) is 0 Å². The average molecular weight is 271 g/mol. The van der Waals surface area contributed by atoms with Crippen LogP contribution >= 0.6 is 0 Å². The van der Waals surface area contributed by atoms with Gasteiger partial charge in [0, 0.05) is 32.8 Å². The second-order valence-corrected chi connectivity index (χ2v) is 5.43. The maximum Gasteiger partial charge on any atom is 0.236 e. The summed E-state index contributed by atoms with van der Waals surface area (Å²) < 4.78 is 4.95. The summed E-state index contributed by atoms with van der Waals surface area (Å²) in [5.74, 6) is 0.0735. The number of nitrogens with one attached hydrogen (secondary N) is 2. The van der Waals surface area contributed by atoms with Crippen LogP contribution in [-0.4, -0.2) is 62.8 Å². The third-order valence-corrected chi connectivity index (χ3v) is 3.48. The Morgan fingerprint density at radius 3 is 2.63 bits per heavy atom. The predicted octanol–water partition coefficient (Wildman–Crippen LogP) is 0.602. The Morgan fingerprint density at radius 1 is 1.32 bits per heavy atom. The number of carbonyl (C=O) groups is 1. The zero-order valence-corrected chi connectivity index (χ0v) is 12.6. The molecule has 0 aromatic rings. The Kier molecular flexibility index (Phi) is 8.02. The fourth-order valence-corrected chi connectivity index (χ4v) is 2.49. The molecule has 2 N–H and O–H groups in total. The number of amides is 1. The van der Waals surface area contributed by atoms with E-state index in [0.29, 0.717) is 19.2 Å². The number of ether oxygens (including phenoxy) is 1. The molecular formula is C14H29N3O2. The van der Waals surface area contributed by atoms with Crippen molar-refractivity contribution < 1.29 is 9.53 Å². The van der Waals surface area contributed by atoms with E-state index >= 15 is 0 Å². The molecule has 1 amide bonds. The normalized spacial score (nSPS) is 19.3. The largest absolute Gasteiger partial charge is 0.385 e. The molecule has 0 aromatic heterocycles. The topological polar surface area (TPSA) is 53.6 Å². The van der Waals surface area contributed by atoms with Crippen molar-refractivity contribution in [3.8, 4) is 0 Å². The quantitative estimate of drug-likeness (QED) is 0.603. The van der Waals surface area contributed by atoms with Crippen LogP contribution < -0.4 is 10.6 Å². The van der Waals surface area contributed by atoms with Crippen molar-refractivity contribution in [1.82, 2.24) is 15.5 Å². The van der Waals surface area contributed by atoms with Crippen molar-refractivity contribution in [2.75, 3.05) is 39.9 Å². The fourth-order valence-electron chi connectivity index (χ4n) is 2.49. The minimum Gasteiger partial charge on any atom is -0.385 e. The number of rotatable bonds is 9. The summed E-state index contributed by atoms with van der Waals surface area (Å²) in [7, 11) is 1.67. The Hall–Kier alpha value is -0.650. The minimum atomic E-state index is -0.139. The third kappa shape index (κ3) is 6.89. The van der Waals surface area contributed by atoms with E-state index < -0.39 is 0 Å². The second-order valence-electron chi connectivity index (χ2n) is 5.43. The Labute approximate surface area is 117 Å². The number of hydrogen-bond donors (Lipinski definition) is 2. The summed E-state index contributed by atoms with van der Waals surface area (Å²) in [5, 5.41) is 6.28. The lowest BCUT2D eigenvalue weighted by atomic mass is 10.2. The summed E-state index contributed by atoms with van der Waals surface area (Å²) in [6.07, 6.45) is 3.48. The Bertz CT molecular complexity index is 255. The van der Waals surface area contributed by atoms with Gasteiger partial charge in [-0.2, -0.15) is 0 Å². The van der Waals surface area contributed by atoms with Gasteiger partial charge >= 0.3 is 0 Å². The molecular weight excluding hydrogens is 242 g/mol. The van der Waals surface area contributed by atoms with E-state index in [1.807, 2.05) is 6.92 Å². The molecule has 0 bridgehead atoms. The number of hydrogen-bond acceptors (Lipinski definition) is 4. The van der Waals surface area contributed by atoms with E-state index in [9.17, 15) is 4.79 Å². The molecule has 19 heavy (non-hydrogen) atoms. The first-order chi connectivity index (χ1) is 9.13. The molecule has 0 aromatic carbocycles. The lowest BCUT2D eigenvalue weighted by Gasteiger charge is -2.24. The first-order valence-electron chi connectivity index (χ1n) is 7.38. The Balaban J connectivity index is 2.13. The highest BCUT2D eigenvalue weighted by Gasteiger charge is 2.18. The molecule has 1 fully saturated rings. The SMILES string of the molecule is COCCCNC(=O)C(C)NC(C)CN1CCCC1. The molecule has 0 saturated carbocycles. The van der Waals surface area contributed by atoms with Crippen LogP contribution in [0.1, 0.15) is 33.1 Å². The molecule has 2 atom stereocenters. The van der Waals surface area contributed by atoms with Crippen LogP contribution in [0.15, 0.2) is 0 Å². The van der Waals surface area contributed by atoms with E-state index in [2.05, 4.69) is 22.5 Å². The van der Waals surface area contributed by atoms with Crippen LogP contribution in [0.4, 0.5) is 0 Å². The van der Waals surface area contributed by atoms with E-state index in [1.165, 1.54) is 25.9 Å². The minimum absolute atomic E-state index is 0.0735. The van der Waals surface area contributed by atoms with Crippen LogP contribution in [0.2, 0.25) is 0 Å². The van der Waals surface area contributed by atoms with Gasteiger partial charge in [0.05, 0.1) is 6.04 Å². The van der Waals surface area contributed by atoms with Crippen LogP contribution in [-0.2, 0) is 9.53 Å². The van der Waals surface area contributed by atoms with Crippen molar-refractivity contribution >= 4 is 5.91 Å². The molecule has 5 nitrogen and oxygen atoms in total. The molecule has 1 heterocycles. The molecule has 5 heteroatoms. The van der Waals surface area contributed by atoms with Crippen molar-refractivity contribution in [2.24, 2.45) is 0 Å². The average Bonchev–Trinajstić information content (AvgIpc) is 2.86. The highest BCUT2D eigenvalue weighted by molar-refractivity contribution is 5.81. The zero-order chi connectivity index (χ0) is 14.1. The first kappa shape index (κ1) is 16.4. The fraction of sp³-hybridized carbons (Fsp3) is 0.929. The molecule has 2 unspecified atom stereocenters. The highest BCUT2D eigenvalue weighted by atomic mass is 16.5. The van der Waals surface area contributed by atoms with E-state index in [1.54, 1.807) is 7.11 Å². The van der Waals surface area contributed by atoms with E-state index in [0.717, 1.165) is 13.0 Å². The lowest BCUT2D eigenvalue weighted by Crippen LogP contribution is -2.49. The van der Waals surface area contributed by atoms with Crippen molar-refractivity contribution in [2.45, 2.75) is 45.2 Å². The predicted molar refractivity (Wildman–Crippen MR) is 77.2 cm³/mol. The molecule has 1 saturated heterocycles. The van der Waals surface area contributed by atoms with Gasteiger partial charge in [-0.15, -0.1) is 0 Å².